The lowest BCUT2D eigenvalue weighted by molar-refractivity contribution is -0.149. The lowest BCUT2D eigenvalue weighted by Crippen LogP contribution is -2.38. The molecule has 1 saturated heterocycles. The van der Waals surface area contributed by atoms with E-state index in [4.69, 9.17) is 9.52 Å². The number of amides is 1. The first-order valence-electron chi connectivity index (χ1n) is 6.77. The van der Waals surface area contributed by atoms with Gasteiger partial charge in [-0.3, -0.25) is 4.79 Å². The fraction of sp³-hybridized carbons (Fsp3) is 0.333. The Bertz CT molecular complexity index is 737. The topological polar surface area (TPSA) is 70.8 Å². The highest BCUT2D eigenvalue weighted by Gasteiger charge is 2.47. The number of thiophene rings is 1. The molecule has 0 bridgehead atoms. The molecule has 0 radical (unpaired) electrons. The van der Waals surface area contributed by atoms with Crippen LogP contribution in [0.5, 0.6) is 0 Å². The second kappa shape index (κ2) is 5.24. The second-order valence-corrected chi connectivity index (χ2v) is 6.41. The molecule has 1 atom stereocenters. The molecule has 1 aliphatic heterocycles. The molecule has 116 valence electrons. The maximum atomic E-state index is 14.0. The zero-order chi connectivity index (χ0) is 15.9. The van der Waals surface area contributed by atoms with Crippen molar-refractivity contribution in [2.24, 2.45) is 0 Å². The number of aliphatic carboxylic acids is 1. The van der Waals surface area contributed by atoms with E-state index in [0.717, 1.165) is 10.6 Å². The molecule has 22 heavy (non-hydrogen) atoms. The number of carboxylic acids is 1. The average Bonchev–Trinajstić information content (AvgIpc) is 3.17. The smallest absolute Gasteiger partial charge is 0.343 e. The number of halogens is 1. The molecule has 1 aliphatic rings. The van der Waals surface area contributed by atoms with Crippen LogP contribution in [-0.4, -0.2) is 40.6 Å². The Hall–Kier alpha value is -2.15. The second-order valence-electron chi connectivity index (χ2n) is 5.32. The van der Waals surface area contributed by atoms with Gasteiger partial charge in [-0.1, -0.05) is 0 Å². The molecule has 3 heterocycles. The van der Waals surface area contributed by atoms with Gasteiger partial charge in [-0.15, -0.1) is 11.3 Å². The van der Waals surface area contributed by atoms with Crippen molar-refractivity contribution in [2.45, 2.75) is 19.0 Å². The average molecular weight is 323 g/mol. The molecule has 0 aromatic carbocycles. The summed E-state index contributed by atoms with van der Waals surface area (Å²) in [6, 6.07) is 7.08. The molecule has 2 aromatic heterocycles. The summed E-state index contributed by atoms with van der Waals surface area (Å²) in [5.41, 5.74) is -2.34. The summed E-state index contributed by atoms with van der Waals surface area (Å²) in [5.74, 6) is -0.408. The van der Waals surface area contributed by atoms with Crippen molar-refractivity contribution in [1.29, 1.82) is 0 Å². The Morgan fingerprint density at radius 2 is 2.14 bits per heavy atom. The molecular formula is C15H14FNO4S. The first kappa shape index (κ1) is 14.8. The third-order valence-corrected chi connectivity index (χ3v) is 4.78. The summed E-state index contributed by atoms with van der Waals surface area (Å²) < 4.78 is 19.5. The summed E-state index contributed by atoms with van der Waals surface area (Å²) in [7, 11) is 0. The Balaban J connectivity index is 1.77. The largest absolute Gasteiger partial charge is 0.479 e. The summed E-state index contributed by atoms with van der Waals surface area (Å²) in [6.07, 6.45) is -0.177. The van der Waals surface area contributed by atoms with Gasteiger partial charge in [0.2, 0.25) is 5.67 Å². The van der Waals surface area contributed by atoms with Crippen molar-refractivity contribution in [2.75, 3.05) is 13.1 Å². The lowest BCUT2D eigenvalue weighted by Gasteiger charge is -2.16. The molecule has 1 fully saturated rings. The quantitative estimate of drug-likeness (QED) is 0.943. The first-order chi connectivity index (χ1) is 10.4. The van der Waals surface area contributed by atoms with Crippen molar-refractivity contribution in [3.63, 3.8) is 0 Å². The summed E-state index contributed by atoms with van der Waals surface area (Å²) in [6.45, 7) is 1.53. The highest BCUT2D eigenvalue weighted by Crippen LogP contribution is 2.32. The van der Waals surface area contributed by atoms with E-state index in [1.165, 1.54) is 16.2 Å². The van der Waals surface area contributed by atoms with Crippen molar-refractivity contribution in [3.8, 4) is 10.6 Å². The van der Waals surface area contributed by atoms with Crippen molar-refractivity contribution < 1.29 is 23.5 Å². The van der Waals surface area contributed by atoms with Gasteiger partial charge in [0.15, 0.2) is 0 Å². The molecule has 0 spiro atoms. The van der Waals surface area contributed by atoms with Crippen LogP contribution in [0.1, 0.15) is 21.9 Å². The van der Waals surface area contributed by atoms with Crippen LogP contribution in [-0.2, 0) is 4.79 Å². The number of hydrogen-bond donors (Lipinski definition) is 1. The number of hydrogen-bond acceptors (Lipinski definition) is 4. The number of alkyl halides is 1. The number of carbonyl (C=O) groups excluding carboxylic acids is 1. The third kappa shape index (κ3) is 2.52. The minimum Gasteiger partial charge on any atom is -0.479 e. The van der Waals surface area contributed by atoms with Gasteiger partial charge in [0, 0.05) is 13.0 Å². The van der Waals surface area contributed by atoms with E-state index in [-0.39, 0.29) is 18.9 Å². The van der Waals surface area contributed by atoms with Gasteiger partial charge in [0.05, 0.1) is 16.3 Å². The summed E-state index contributed by atoms with van der Waals surface area (Å²) in [5, 5.41) is 8.87. The van der Waals surface area contributed by atoms with Crippen molar-refractivity contribution in [3.05, 3.63) is 34.9 Å². The normalized spacial score (nSPS) is 21.3. The van der Waals surface area contributed by atoms with E-state index in [0.29, 0.717) is 10.6 Å². The Kier molecular flexibility index (Phi) is 3.52. The Labute approximate surface area is 130 Å². The van der Waals surface area contributed by atoms with E-state index in [9.17, 15) is 14.0 Å². The molecule has 2 aromatic rings. The Morgan fingerprint density at radius 3 is 2.73 bits per heavy atom. The molecular weight excluding hydrogens is 309 g/mol. The standard InChI is InChI=1S/C15H14FNO4S/c1-9-2-3-10(21-9)11-4-5-12(22-11)13(18)17-7-6-15(16,8-17)14(19)20/h2-5H,6-8H2,1H3,(H,19,20). The number of carboxylic acid groups (broad SMARTS) is 1. The fourth-order valence-corrected chi connectivity index (χ4v) is 3.36. The van der Waals surface area contributed by atoms with Gasteiger partial charge < -0.3 is 14.4 Å². The zero-order valence-corrected chi connectivity index (χ0v) is 12.7. The van der Waals surface area contributed by atoms with Crippen LogP contribution in [0, 0.1) is 6.92 Å². The molecule has 3 rings (SSSR count). The number of nitrogens with zero attached hydrogens (tertiary/aromatic N) is 1. The fourth-order valence-electron chi connectivity index (χ4n) is 2.43. The number of carbonyl (C=O) groups is 2. The van der Waals surface area contributed by atoms with E-state index >= 15 is 0 Å². The van der Waals surface area contributed by atoms with Crippen LogP contribution in [0.3, 0.4) is 0 Å². The highest BCUT2D eigenvalue weighted by atomic mass is 32.1. The minimum atomic E-state index is -2.34. The van der Waals surface area contributed by atoms with Gasteiger partial charge >= 0.3 is 5.97 Å². The molecule has 7 heteroatoms. The Morgan fingerprint density at radius 1 is 1.36 bits per heavy atom. The van der Waals surface area contributed by atoms with Crippen molar-refractivity contribution >= 4 is 23.2 Å². The molecule has 0 saturated carbocycles. The van der Waals surface area contributed by atoms with Crippen LogP contribution in [0.2, 0.25) is 0 Å². The van der Waals surface area contributed by atoms with Crippen LogP contribution >= 0.6 is 11.3 Å². The molecule has 1 amide bonds. The van der Waals surface area contributed by atoms with Crippen LogP contribution < -0.4 is 0 Å². The molecule has 1 N–H and O–H groups in total. The lowest BCUT2D eigenvalue weighted by atomic mass is 10.1. The van der Waals surface area contributed by atoms with Gasteiger partial charge in [0.1, 0.15) is 11.5 Å². The number of likely N-dealkylation sites (tertiary alicyclic amines) is 1. The maximum absolute atomic E-state index is 14.0. The SMILES string of the molecule is Cc1ccc(-c2ccc(C(=O)N3CCC(F)(C(=O)O)C3)s2)o1. The number of aryl methyl sites for hydroxylation is 1. The predicted octanol–water partition coefficient (Wildman–Crippen LogP) is 2.96. The first-order valence-corrected chi connectivity index (χ1v) is 7.59. The third-order valence-electron chi connectivity index (χ3n) is 3.69. The number of furan rings is 1. The van der Waals surface area contributed by atoms with Gasteiger partial charge in [-0.25, -0.2) is 9.18 Å². The number of rotatable bonds is 3. The monoisotopic (exact) mass is 323 g/mol. The van der Waals surface area contributed by atoms with E-state index in [1.54, 1.807) is 12.1 Å². The molecule has 0 aliphatic carbocycles. The minimum absolute atomic E-state index is 0.106. The van der Waals surface area contributed by atoms with Crippen LogP contribution in [0.15, 0.2) is 28.7 Å². The van der Waals surface area contributed by atoms with Gasteiger partial charge in [0.25, 0.3) is 5.91 Å². The summed E-state index contributed by atoms with van der Waals surface area (Å²) in [4.78, 5) is 25.7. The van der Waals surface area contributed by atoms with Gasteiger partial charge in [-0.05, 0) is 31.2 Å². The van der Waals surface area contributed by atoms with Crippen LogP contribution in [0.4, 0.5) is 4.39 Å². The molecule has 1 unspecified atom stereocenters. The zero-order valence-electron chi connectivity index (χ0n) is 11.8. The van der Waals surface area contributed by atoms with E-state index < -0.39 is 18.2 Å². The van der Waals surface area contributed by atoms with Crippen molar-refractivity contribution in [1.82, 2.24) is 4.90 Å². The summed E-state index contributed by atoms with van der Waals surface area (Å²) >= 11 is 1.25. The van der Waals surface area contributed by atoms with Crippen LogP contribution in [0.25, 0.3) is 10.6 Å². The maximum Gasteiger partial charge on any atom is 0.343 e. The van der Waals surface area contributed by atoms with Gasteiger partial charge in [-0.2, -0.15) is 0 Å². The van der Waals surface area contributed by atoms with E-state index in [1.807, 2.05) is 19.1 Å². The molecule has 5 nitrogen and oxygen atoms in total. The highest BCUT2D eigenvalue weighted by molar-refractivity contribution is 7.17. The van der Waals surface area contributed by atoms with E-state index in [2.05, 4.69) is 0 Å². The predicted molar refractivity (Wildman–Crippen MR) is 78.8 cm³/mol.